The summed E-state index contributed by atoms with van der Waals surface area (Å²) in [5.74, 6) is -2.27. The number of hydrogen-bond donors (Lipinski definition) is 4. The van der Waals surface area contributed by atoms with E-state index in [4.69, 9.17) is 4.98 Å². The van der Waals surface area contributed by atoms with E-state index in [2.05, 4.69) is 20.6 Å². The Morgan fingerprint density at radius 1 is 0.872 bits per heavy atom. The maximum atomic E-state index is 14.5. The van der Waals surface area contributed by atoms with Crippen LogP contribution in [0.2, 0.25) is 0 Å². The number of aliphatic hydroxyl groups is 2. The van der Waals surface area contributed by atoms with Crippen LogP contribution < -0.4 is 10.6 Å². The molecule has 2 aromatic heterocycles. The number of hydrogen-bond acceptors (Lipinski definition) is 7. The molecule has 2 atom stereocenters. The monoisotopic (exact) mass is 546 g/mol. The number of halogens is 3. The molecule has 3 aromatic rings. The Balaban J connectivity index is 1.47. The van der Waals surface area contributed by atoms with E-state index < -0.39 is 34.3 Å². The van der Waals surface area contributed by atoms with Gasteiger partial charge in [-0.05, 0) is 84.5 Å². The fourth-order valence-electron chi connectivity index (χ4n) is 6.13. The van der Waals surface area contributed by atoms with E-state index >= 15 is 0 Å². The standard InChI is InChI=1S/C28H37F3N6O2/c1-27(2,38)15-5-8-18(9-6-15)33-25-32-14-22-24(36-25)37(19-10-7-16(11-19)28(3,4)39)26(34-22)35-23-20(30)12-17(29)13-21(23)31/h12-16,18-19,38-39H,5-11H2,1-4H3,(H,34,35)(H,32,33,36)/t15-,16-,18-,19+/m1/s1. The predicted molar refractivity (Wildman–Crippen MR) is 143 cm³/mol. The summed E-state index contributed by atoms with van der Waals surface area (Å²) in [4.78, 5) is 13.8. The van der Waals surface area contributed by atoms with Crippen molar-refractivity contribution in [3.63, 3.8) is 0 Å². The van der Waals surface area contributed by atoms with Gasteiger partial charge in [0.05, 0.1) is 17.4 Å². The molecule has 212 valence electrons. The first-order valence-corrected chi connectivity index (χ1v) is 13.7. The van der Waals surface area contributed by atoms with Gasteiger partial charge in [0.2, 0.25) is 11.9 Å². The number of anilines is 3. The van der Waals surface area contributed by atoms with Crippen LogP contribution in [-0.2, 0) is 0 Å². The third-order valence-corrected chi connectivity index (χ3v) is 8.51. The van der Waals surface area contributed by atoms with E-state index in [-0.39, 0.29) is 29.9 Å². The van der Waals surface area contributed by atoms with E-state index in [0.29, 0.717) is 35.7 Å². The summed E-state index contributed by atoms with van der Waals surface area (Å²) in [6.45, 7) is 7.27. The second kappa shape index (κ2) is 10.2. The van der Waals surface area contributed by atoms with Crippen LogP contribution >= 0.6 is 0 Å². The first-order valence-electron chi connectivity index (χ1n) is 13.7. The van der Waals surface area contributed by atoms with Gasteiger partial charge in [0.15, 0.2) is 17.3 Å². The van der Waals surface area contributed by atoms with Crippen LogP contribution in [0.5, 0.6) is 0 Å². The SMILES string of the molecule is CC(C)(O)[C@@H]1CC[C@H](n2c(Nc3c(F)cc(F)cc3F)nc3cnc(N[C@H]4CC[C@H](C(C)(C)O)CC4)nc32)C1. The summed E-state index contributed by atoms with van der Waals surface area (Å²) in [6.07, 6.45) is 7.24. The van der Waals surface area contributed by atoms with Gasteiger partial charge in [-0.15, -0.1) is 0 Å². The molecule has 39 heavy (non-hydrogen) atoms. The van der Waals surface area contributed by atoms with Gasteiger partial charge in [-0.25, -0.2) is 23.1 Å². The highest BCUT2D eigenvalue weighted by Gasteiger charge is 2.37. The summed E-state index contributed by atoms with van der Waals surface area (Å²) in [5.41, 5.74) is -1.13. The molecule has 0 saturated heterocycles. The summed E-state index contributed by atoms with van der Waals surface area (Å²) < 4.78 is 44.4. The Hall–Kier alpha value is -2.92. The lowest BCUT2D eigenvalue weighted by Gasteiger charge is -2.36. The molecule has 8 nitrogen and oxygen atoms in total. The minimum absolute atomic E-state index is 0.0255. The van der Waals surface area contributed by atoms with E-state index in [1.165, 1.54) is 0 Å². The summed E-state index contributed by atoms with van der Waals surface area (Å²) in [7, 11) is 0. The van der Waals surface area contributed by atoms with Crippen LogP contribution in [0.25, 0.3) is 11.2 Å². The zero-order valence-corrected chi connectivity index (χ0v) is 22.8. The molecule has 2 fully saturated rings. The van der Waals surface area contributed by atoms with Crippen molar-refractivity contribution in [2.24, 2.45) is 11.8 Å². The highest BCUT2D eigenvalue weighted by molar-refractivity contribution is 5.76. The van der Waals surface area contributed by atoms with E-state index in [0.717, 1.165) is 38.5 Å². The molecule has 0 bridgehead atoms. The summed E-state index contributed by atoms with van der Waals surface area (Å²) in [6, 6.07) is 1.26. The van der Waals surface area contributed by atoms with E-state index in [1.54, 1.807) is 20.0 Å². The third-order valence-electron chi connectivity index (χ3n) is 8.51. The third kappa shape index (κ3) is 5.84. The highest BCUT2D eigenvalue weighted by atomic mass is 19.1. The first-order chi connectivity index (χ1) is 18.3. The number of nitrogens with one attached hydrogen (secondary N) is 2. The Kier molecular flexibility index (Phi) is 7.26. The molecule has 2 saturated carbocycles. The zero-order valence-electron chi connectivity index (χ0n) is 22.8. The number of benzene rings is 1. The minimum atomic E-state index is -1.07. The van der Waals surface area contributed by atoms with Crippen molar-refractivity contribution in [1.29, 1.82) is 0 Å². The van der Waals surface area contributed by atoms with Crippen LogP contribution in [-0.4, -0.2) is 47.0 Å². The van der Waals surface area contributed by atoms with E-state index in [9.17, 15) is 23.4 Å². The van der Waals surface area contributed by atoms with E-state index in [1.807, 2.05) is 18.4 Å². The van der Waals surface area contributed by atoms with Crippen LogP contribution in [0.3, 0.4) is 0 Å². The van der Waals surface area contributed by atoms with Gasteiger partial charge in [0.25, 0.3) is 0 Å². The van der Waals surface area contributed by atoms with Crippen LogP contribution in [0, 0.1) is 29.3 Å². The van der Waals surface area contributed by atoms with Crippen molar-refractivity contribution in [1.82, 2.24) is 19.5 Å². The molecular weight excluding hydrogens is 509 g/mol. The number of fused-ring (bicyclic) bond motifs is 1. The van der Waals surface area contributed by atoms with Gasteiger partial charge in [0.1, 0.15) is 17.0 Å². The second-order valence-corrected chi connectivity index (χ2v) is 12.2. The van der Waals surface area contributed by atoms with Crippen LogP contribution in [0.4, 0.5) is 30.8 Å². The number of aromatic nitrogens is 4. The molecule has 11 heteroatoms. The maximum absolute atomic E-state index is 14.5. The lowest BCUT2D eigenvalue weighted by atomic mass is 9.77. The Bertz CT molecular complexity index is 1320. The molecule has 0 amide bonds. The van der Waals surface area contributed by atoms with Crippen molar-refractivity contribution in [2.75, 3.05) is 10.6 Å². The quantitative estimate of drug-likeness (QED) is 0.295. The molecular formula is C28H37F3N6O2. The van der Waals surface area contributed by atoms with Gasteiger partial charge in [-0.2, -0.15) is 4.98 Å². The molecule has 4 N–H and O–H groups in total. The molecule has 2 aliphatic rings. The molecule has 0 aliphatic heterocycles. The highest BCUT2D eigenvalue weighted by Crippen LogP contribution is 2.43. The molecule has 0 unspecified atom stereocenters. The fraction of sp³-hybridized carbons (Fsp3) is 0.607. The van der Waals surface area contributed by atoms with Crippen molar-refractivity contribution in [3.8, 4) is 0 Å². The second-order valence-electron chi connectivity index (χ2n) is 12.2. The van der Waals surface area contributed by atoms with Crippen molar-refractivity contribution >= 4 is 28.7 Å². The number of rotatable bonds is 7. The Morgan fingerprint density at radius 2 is 1.49 bits per heavy atom. The van der Waals surface area contributed by atoms with Crippen LogP contribution in [0.1, 0.15) is 78.7 Å². The van der Waals surface area contributed by atoms with Crippen molar-refractivity contribution in [3.05, 3.63) is 35.8 Å². The number of nitrogens with zero attached hydrogens (tertiary/aromatic N) is 4. The Labute approximate surface area is 226 Å². The topological polar surface area (TPSA) is 108 Å². The first kappa shape index (κ1) is 27.6. The number of imidazole rings is 1. The largest absolute Gasteiger partial charge is 0.390 e. The molecule has 2 heterocycles. The average Bonchev–Trinajstić information content (AvgIpc) is 3.45. The molecule has 5 rings (SSSR count). The smallest absolute Gasteiger partial charge is 0.224 e. The molecule has 0 radical (unpaired) electrons. The minimum Gasteiger partial charge on any atom is -0.390 e. The molecule has 0 spiro atoms. The molecule has 2 aliphatic carbocycles. The van der Waals surface area contributed by atoms with Gasteiger partial charge >= 0.3 is 0 Å². The van der Waals surface area contributed by atoms with Crippen molar-refractivity contribution < 1.29 is 23.4 Å². The van der Waals surface area contributed by atoms with Crippen LogP contribution in [0.15, 0.2) is 18.3 Å². The molecule has 1 aromatic carbocycles. The normalized spacial score (nSPS) is 24.3. The lowest BCUT2D eigenvalue weighted by Crippen LogP contribution is -2.37. The lowest BCUT2D eigenvalue weighted by molar-refractivity contribution is -0.000426. The van der Waals surface area contributed by atoms with Gasteiger partial charge in [0, 0.05) is 24.2 Å². The average molecular weight is 547 g/mol. The zero-order chi connectivity index (χ0) is 28.1. The van der Waals surface area contributed by atoms with Gasteiger partial charge in [-0.3, -0.25) is 4.57 Å². The summed E-state index contributed by atoms with van der Waals surface area (Å²) in [5, 5.41) is 27.1. The predicted octanol–water partition coefficient (Wildman–Crippen LogP) is 5.84. The summed E-state index contributed by atoms with van der Waals surface area (Å²) >= 11 is 0. The van der Waals surface area contributed by atoms with Gasteiger partial charge in [-0.1, -0.05) is 0 Å². The fourth-order valence-corrected chi connectivity index (χ4v) is 6.13. The van der Waals surface area contributed by atoms with Crippen molar-refractivity contribution in [2.45, 2.75) is 95.9 Å². The van der Waals surface area contributed by atoms with Gasteiger partial charge < -0.3 is 20.8 Å². The Morgan fingerprint density at radius 3 is 2.08 bits per heavy atom. The maximum Gasteiger partial charge on any atom is 0.224 e.